The van der Waals surface area contributed by atoms with Crippen molar-refractivity contribution in [1.82, 2.24) is 0 Å². The lowest BCUT2D eigenvalue weighted by molar-refractivity contribution is -0.139. The van der Waals surface area contributed by atoms with Crippen LogP contribution in [0.1, 0.15) is 29.3 Å². The van der Waals surface area contributed by atoms with E-state index in [1.807, 2.05) is 0 Å². The van der Waals surface area contributed by atoms with Crippen molar-refractivity contribution in [3.05, 3.63) is 29.3 Å². The average molecular weight is 232 g/mol. The Labute approximate surface area is 91.0 Å². The first-order valence-electron chi connectivity index (χ1n) is 4.69. The van der Waals surface area contributed by atoms with Crippen LogP contribution in [0.15, 0.2) is 18.2 Å². The molecule has 2 nitrogen and oxygen atoms in total. The fraction of sp³-hybridized carbons (Fsp3) is 0.364. The minimum absolute atomic E-state index is 0.0241. The first-order valence-corrected chi connectivity index (χ1v) is 4.69. The van der Waals surface area contributed by atoms with Gasteiger partial charge in [0.1, 0.15) is 11.3 Å². The molecule has 0 aliphatic carbocycles. The van der Waals surface area contributed by atoms with Gasteiger partial charge in [0.15, 0.2) is 5.78 Å². The molecule has 0 fully saturated rings. The molecule has 5 heteroatoms. The van der Waals surface area contributed by atoms with Gasteiger partial charge in [0.25, 0.3) is 0 Å². The van der Waals surface area contributed by atoms with Crippen molar-refractivity contribution in [2.75, 3.05) is 7.11 Å². The third-order valence-corrected chi connectivity index (χ3v) is 2.15. The van der Waals surface area contributed by atoms with E-state index >= 15 is 0 Å². The Hall–Kier alpha value is -1.52. The summed E-state index contributed by atoms with van der Waals surface area (Å²) in [6, 6.07) is 3.73. The van der Waals surface area contributed by atoms with Gasteiger partial charge < -0.3 is 4.74 Å². The molecule has 0 atom stereocenters. The lowest BCUT2D eigenvalue weighted by atomic mass is 10.0. The molecular formula is C11H11F3O2. The van der Waals surface area contributed by atoms with Gasteiger partial charge in [0.05, 0.1) is 7.11 Å². The molecule has 0 radical (unpaired) electrons. The number of rotatable bonds is 3. The summed E-state index contributed by atoms with van der Waals surface area (Å²) in [6.07, 6.45) is -4.57. The molecule has 0 spiro atoms. The zero-order valence-electron chi connectivity index (χ0n) is 8.89. The highest BCUT2D eigenvalue weighted by Crippen LogP contribution is 2.38. The van der Waals surface area contributed by atoms with E-state index < -0.39 is 17.5 Å². The normalized spacial score (nSPS) is 11.3. The molecule has 1 rings (SSSR count). The van der Waals surface area contributed by atoms with Crippen molar-refractivity contribution in [3.63, 3.8) is 0 Å². The number of alkyl halides is 3. The molecule has 0 aromatic heterocycles. The standard InChI is InChI=1S/C11H11F3O2/c1-3-8(15)7-5-4-6-9(16-2)10(7)11(12,13)14/h4-6H,3H2,1-2H3. The van der Waals surface area contributed by atoms with Crippen molar-refractivity contribution in [2.24, 2.45) is 0 Å². The van der Waals surface area contributed by atoms with E-state index in [0.29, 0.717) is 0 Å². The molecule has 0 aliphatic heterocycles. The Bertz CT molecular complexity index is 397. The van der Waals surface area contributed by atoms with Gasteiger partial charge in [-0.25, -0.2) is 0 Å². The van der Waals surface area contributed by atoms with E-state index in [0.717, 1.165) is 13.2 Å². The zero-order chi connectivity index (χ0) is 12.3. The Kier molecular flexibility index (Phi) is 3.57. The molecule has 0 saturated carbocycles. The predicted molar refractivity (Wildman–Crippen MR) is 52.6 cm³/mol. The molecule has 1 aromatic carbocycles. The Morgan fingerprint density at radius 2 is 2.00 bits per heavy atom. The molecule has 0 aliphatic rings. The second-order valence-electron chi connectivity index (χ2n) is 3.16. The Morgan fingerprint density at radius 3 is 2.44 bits per heavy atom. The third-order valence-electron chi connectivity index (χ3n) is 2.15. The lowest BCUT2D eigenvalue weighted by Gasteiger charge is -2.15. The van der Waals surface area contributed by atoms with Crippen molar-refractivity contribution in [1.29, 1.82) is 0 Å². The number of carbonyl (C=O) groups excluding carboxylic acids is 1. The molecule has 0 bridgehead atoms. The largest absolute Gasteiger partial charge is 0.496 e. The van der Waals surface area contributed by atoms with Gasteiger partial charge in [-0.3, -0.25) is 4.79 Å². The molecular weight excluding hydrogens is 221 g/mol. The molecule has 0 N–H and O–H groups in total. The number of ether oxygens (including phenoxy) is 1. The summed E-state index contributed by atoms with van der Waals surface area (Å²) in [6.45, 7) is 1.52. The maximum absolute atomic E-state index is 12.8. The lowest BCUT2D eigenvalue weighted by Crippen LogP contribution is -2.14. The van der Waals surface area contributed by atoms with Crippen LogP contribution < -0.4 is 4.74 Å². The Morgan fingerprint density at radius 1 is 1.38 bits per heavy atom. The first-order chi connectivity index (χ1) is 7.41. The number of methoxy groups -OCH3 is 1. The molecule has 0 amide bonds. The summed E-state index contributed by atoms with van der Waals surface area (Å²) in [4.78, 5) is 11.4. The highest BCUT2D eigenvalue weighted by Gasteiger charge is 2.38. The second kappa shape index (κ2) is 4.55. The minimum Gasteiger partial charge on any atom is -0.496 e. The van der Waals surface area contributed by atoms with Gasteiger partial charge in [-0.2, -0.15) is 13.2 Å². The number of Topliss-reactive ketones (excluding diaryl/α,β-unsaturated/α-hetero) is 1. The van der Waals surface area contributed by atoms with Gasteiger partial charge in [-0.15, -0.1) is 0 Å². The number of hydrogen-bond acceptors (Lipinski definition) is 2. The molecule has 88 valence electrons. The highest BCUT2D eigenvalue weighted by molar-refractivity contribution is 5.98. The monoisotopic (exact) mass is 232 g/mol. The molecule has 0 heterocycles. The van der Waals surface area contributed by atoms with Crippen LogP contribution in [0.5, 0.6) is 5.75 Å². The van der Waals surface area contributed by atoms with Crippen LogP contribution in [0.2, 0.25) is 0 Å². The topological polar surface area (TPSA) is 26.3 Å². The zero-order valence-corrected chi connectivity index (χ0v) is 8.89. The first kappa shape index (κ1) is 12.5. The number of halogens is 3. The number of benzene rings is 1. The van der Waals surface area contributed by atoms with Crippen LogP contribution in [-0.4, -0.2) is 12.9 Å². The molecule has 16 heavy (non-hydrogen) atoms. The van der Waals surface area contributed by atoms with Gasteiger partial charge in [-0.05, 0) is 6.07 Å². The van der Waals surface area contributed by atoms with Crippen molar-refractivity contribution in [3.8, 4) is 5.75 Å². The summed E-state index contributed by atoms with van der Waals surface area (Å²) >= 11 is 0. The smallest absolute Gasteiger partial charge is 0.420 e. The fourth-order valence-electron chi connectivity index (χ4n) is 1.42. The van der Waals surface area contributed by atoms with Crippen LogP contribution in [0.25, 0.3) is 0 Å². The second-order valence-corrected chi connectivity index (χ2v) is 3.16. The maximum atomic E-state index is 12.8. The molecule has 1 aromatic rings. The van der Waals surface area contributed by atoms with Gasteiger partial charge in [0, 0.05) is 12.0 Å². The van der Waals surface area contributed by atoms with E-state index in [-0.39, 0.29) is 17.7 Å². The van der Waals surface area contributed by atoms with Gasteiger partial charge in [0.2, 0.25) is 0 Å². The summed E-state index contributed by atoms with van der Waals surface area (Å²) in [5.41, 5.74) is -1.33. The summed E-state index contributed by atoms with van der Waals surface area (Å²) in [5.74, 6) is -0.877. The Balaban J connectivity index is 3.44. The van der Waals surface area contributed by atoms with Gasteiger partial charge in [-0.1, -0.05) is 19.1 Å². The highest BCUT2D eigenvalue weighted by atomic mass is 19.4. The third kappa shape index (κ3) is 2.35. The average Bonchev–Trinajstić information content (AvgIpc) is 2.25. The molecule has 0 saturated heterocycles. The van der Waals surface area contributed by atoms with Crippen molar-refractivity contribution >= 4 is 5.78 Å². The summed E-state index contributed by atoms with van der Waals surface area (Å²) in [5, 5.41) is 0. The van der Waals surface area contributed by atoms with Crippen molar-refractivity contribution in [2.45, 2.75) is 19.5 Å². The van der Waals surface area contributed by atoms with E-state index in [4.69, 9.17) is 0 Å². The quantitative estimate of drug-likeness (QED) is 0.747. The number of carbonyl (C=O) groups is 1. The van der Waals surface area contributed by atoms with Crippen LogP contribution in [0.3, 0.4) is 0 Å². The molecule has 0 unspecified atom stereocenters. The maximum Gasteiger partial charge on any atom is 0.420 e. The van der Waals surface area contributed by atoms with E-state index in [9.17, 15) is 18.0 Å². The summed E-state index contributed by atoms with van der Waals surface area (Å²) in [7, 11) is 1.14. The summed E-state index contributed by atoms with van der Waals surface area (Å²) < 4.78 is 42.9. The van der Waals surface area contributed by atoms with E-state index in [1.54, 1.807) is 0 Å². The van der Waals surface area contributed by atoms with Crippen LogP contribution in [-0.2, 0) is 6.18 Å². The fourth-order valence-corrected chi connectivity index (χ4v) is 1.42. The van der Waals surface area contributed by atoms with Gasteiger partial charge >= 0.3 is 6.18 Å². The predicted octanol–water partition coefficient (Wildman–Crippen LogP) is 3.31. The van der Waals surface area contributed by atoms with Crippen LogP contribution in [0, 0.1) is 0 Å². The number of hydrogen-bond donors (Lipinski definition) is 0. The number of ketones is 1. The van der Waals surface area contributed by atoms with E-state index in [2.05, 4.69) is 4.74 Å². The van der Waals surface area contributed by atoms with Crippen LogP contribution >= 0.6 is 0 Å². The minimum atomic E-state index is -4.59. The van der Waals surface area contributed by atoms with E-state index in [1.165, 1.54) is 19.1 Å². The van der Waals surface area contributed by atoms with Crippen molar-refractivity contribution < 1.29 is 22.7 Å². The van der Waals surface area contributed by atoms with Crippen LogP contribution in [0.4, 0.5) is 13.2 Å². The SMILES string of the molecule is CCC(=O)c1cccc(OC)c1C(F)(F)F.